The van der Waals surface area contributed by atoms with Crippen LogP contribution in [0.25, 0.3) is 0 Å². The summed E-state index contributed by atoms with van der Waals surface area (Å²) in [6, 6.07) is 7.78. The van der Waals surface area contributed by atoms with Gasteiger partial charge in [-0.25, -0.2) is 13.1 Å². The molecule has 33 heavy (non-hydrogen) atoms. The van der Waals surface area contributed by atoms with Gasteiger partial charge in [-0.15, -0.1) is 0 Å². The quantitative estimate of drug-likeness (QED) is 0.425. The molecule has 0 aliphatic rings. The number of nitro groups is 1. The lowest BCUT2D eigenvalue weighted by atomic mass is 10.1. The van der Waals surface area contributed by atoms with E-state index in [9.17, 15) is 36.5 Å². The molecule has 0 heterocycles. The molecule has 0 atom stereocenters. The maximum atomic E-state index is 13.2. The molecule has 2 rings (SSSR count). The van der Waals surface area contributed by atoms with E-state index in [1.54, 1.807) is 13.8 Å². The number of nitro benzene ring substituents is 1. The lowest BCUT2D eigenvalue weighted by Crippen LogP contribution is -2.38. The van der Waals surface area contributed by atoms with Crippen LogP contribution in [-0.4, -0.2) is 50.0 Å². The average molecular weight is 489 g/mol. The van der Waals surface area contributed by atoms with Crippen LogP contribution in [-0.2, 0) is 16.6 Å². The number of hydrogen-bond donors (Lipinski definition) is 1. The maximum absolute atomic E-state index is 13.2. The highest BCUT2D eigenvalue weighted by Crippen LogP contribution is 2.28. The number of carbonyl (C=O) groups excluding carboxylic acids is 1. The van der Waals surface area contributed by atoms with E-state index in [0.29, 0.717) is 4.90 Å². The van der Waals surface area contributed by atoms with Crippen LogP contribution in [0.15, 0.2) is 47.4 Å². The summed E-state index contributed by atoms with van der Waals surface area (Å²) in [5, 5.41) is 11.2. The second-order valence-electron chi connectivity index (χ2n) is 7.30. The molecule has 2 aromatic carbocycles. The van der Waals surface area contributed by atoms with Gasteiger partial charge in [0, 0.05) is 23.2 Å². The standard InChI is InChI=1S/C20H22F3N3O6S/c1-13(2)24-33(30,31)18-10-14(8-9-17(18)32-3)19(27)25(12-20(21,22)23)11-15-6-4-5-7-16(15)26(28)29/h4-10,13,24H,11-12H2,1-3H3. The van der Waals surface area contributed by atoms with Crippen molar-refractivity contribution in [1.29, 1.82) is 0 Å². The summed E-state index contributed by atoms with van der Waals surface area (Å²) < 4.78 is 72.3. The zero-order valence-electron chi connectivity index (χ0n) is 17.9. The predicted molar refractivity (Wildman–Crippen MR) is 112 cm³/mol. The van der Waals surface area contributed by atoms with Crippen molar-refractivity contribution in [3.05, 3.63) is 63.7 Å². The number of rotatable bonds is 9. The average Bonchev–Trinajstić information content (AvgIpc) is 2.70. The van der Waals surface area contributed by atoms with Gasteiger partial charge in [-0.3, -0.25) is 14.9 Å². The first-order valence-electron chi connectivity index (χ1n) is 9.54. The monoisotopic (exact) mass is 489 g/mol. The summed E-state index contributed by atoms with van der Waals surface area (Å²) >= 11 is 0. The summed E-state index contributed by atoms with van der Waals surface area (Å²) in [5.74, 6) is -1.27. The molecule has 1 N–H and O–H groups in total. The van der Waals surface area contributed by atoms with Crippen molar-refractivity contribution < 1.29 is 36.0 Å². The number of sulfonamides is 1. The van der Waals surface area contributed by atoms with Crippen LogP contribution in [0.3, 0.4) is 0 Å². The van der Waals surface area contributed by atoms with E-state index in [4.69, 9.17) is 4.74 Å². The molecule has 0 unspecified atom stereocenters. The first kappa shape index (κ1) is 26.1. The Kier molecular flexibility index (Phi) is 8.03. The Balaban J connectivity index is 2.53. The number of nitrogens with zero attached hydrogens (tertiary/aromatic N) is 2. The van der Waals surface area contributed by atoms with Gasteiger partial charge in [0.1, 0.15) is 17.2 Å². The zero-order valence-corrected chi connectivity index (χ0v) is 18.7. The van der Waals surface area contributed by atoms with Crippen LogP contribution in [0.4, 0.5) is 18.9 Å². The fraction of sp³-hybridized carbons (Fsp3) is 0.350. The van der Waals surface area contributed by atoms with Gasteiger partial charge < -0.3 is 9.64 Å². The number of carbonyl (C=O) groups is 1. The molecule has 0 spiro atoms. The minimum atomic E-state index is -4.81. The SMILES string of the molecule is COc1ccc(C(=O)N(Cc2ccccc2[N+](=O)[O-])CC(F)(F)F)cc1S(=O)(=O)NC(C)C. The number of amides is 1. The van der Waals surface area contributed by atoms with Gasteiger partial charge in [-0.2, -0.15) is 13.2 Å². The molecule has 0 bridgehead atoms. The summed E-state index contributed by atoms with van der Waals surface area (Å²) in [6.45, 7) is 0.720. The smallest absolute Gasteiger partial charge is 0.406 e. The Morgan fingerprint density at radius 2 is 1.85 bits per heavy atom. The van der Waals surface area contributed by atoms with Crippen LogP contribution in [0, 0.1) is 10.1 Å². The largest absolute Gasteiger partial charge is 0.495 e. The second-order valence-corrected chi connectivity index (χ2v) is 8.99. The molecule has 2 aromatic rings. The highest BCUT2D eigenvalue weighted by Gasteiger charge is 2.35. The van der Waals surface area contributed by atoms with E-state index >= 15 is 0 Å². The lowest BCUT2D eigenvalue weighted by Gasteiger charge is -2.24. The molecular weight excluding hydrogens is 467 g/mol. The van der Waals surface area contributed by atoms with Crippen LogP contribution in [0.1, 0.15) is 29.8 Å². The predicted octanol–water partition coefficient (Wildman–Crippen LogP) is 3.49. The fourth-order valence-corrected chi connectivity index (χ4v) is 4.47. The van der Waals surface area contributed by atoms with Crippen molar-refractivity contribution in [3.8, 4) is 5.75 Å². The zero-order chi connectivity index (χ0) is 25.0. The summed E-state index contributed by atoms with van der Waals surface area (Å²) in [7, 11) is -2.95. The van der Waals surface area contributed by atoms with E-state index in [1.165, 1.54) is 25.3 Å². The van der Waals surface area contributed by atoms with E-state index in [-0.39, 0.29) is 16.9 Å². The summed E-state index contributed by atoms with van der Waals surface area (Å²) in [5.41, 5.74) is -0.915. The summed E-state index contributed by atoms with van der Waals surface area (Å²) in [6.07, 6.45) is -4.81. The van der Waals surface area contributed by atoms with Crippen LogP contribution in [0.5, 0.6) is 5.75 Å². The number of alkyl halides is 3. The maximum Gasteiger partial charge on any atom is 0.406 e. The van der Waals surface area contributed by atoms with Crippen molar-refractivity contribution in [1.82, 2.24) is 9.62 Å². The Morgan fingerprint density at radius 3 is 2.39 bits per heavy atom. The molecule has 0 aliphatic heterocycles. The third kappa shape index (κ3) is 6.89. The molecule has 180 valence electrons. The minimum Gasteiger partial charge on any atom is -0.495 e. The first-order valence-corrected chi connectivity index (χ1v) is 11.0. The number of benzene rings is 2. The van der Waals surface area contributed by atoms with E-state index < -0.39 is 56.7 Å². The number of nitrogens with one attached hydrogen (secondary N) is 1. The van der Waals surface area contributed by atoms with Crippen molar-refractivity contribution in [2.75, 3.05) is 13.7 Å². The Hall–Kier alpha value is -3.19. The second kappa shape index (κ2) is 10.2. The molecular formula is C20H22F3N3O6S. The fourth-order valence-electron chi connectivity index (χ4n) is 3.02. The van der Waals surface area contributed by atoms with E-state index in [2.05, 4.69) is 4.72 Å². The number of methoxy groups -OCH3 is 1. The first-order chi connectivity index (χ1) is 15.2. The van der Waals surface area contributed by atoms with Crippen molar-refractivity contribution in [2.45, 2.75) is 37.5 Å². The van der Waals surface area contributed by atoms with Gasteiger partial charge in [-0.1, -0.05) is 18.2 Å². The van der Waals surface area contributed by atoms with Gasteiger partial charge in [0.05, 0.1) is 18.6 Å². The number of halogens is 3. The molecule has 0 fully saturated rings. The third-order valence-corrected chi connectivity index (χ3v) is 5.98. The summed E-state index contributed by atoms with van der Waals surface area (Å²) in [4.78, 5) is 23.4. The van der Waals surface area contributed by atoms with Crippen LogP contribution in [0.2, 0.25) is 0 Å². The van der Waals surface area contributed by atoms with Crippen LogP contribution >= 0.6 is 0 Å². The minimum absolute atomic E-state index is 0.108. The van der Waals surface area contributed by atoms with Crippen molar-refractivity contribution in [2.24, 2.45) is 0 Å². The molecule has 0 aliphatic carbocycles. The molecule has 1 amide bonds. The third-order valence-electron chi connectivity index (χ3n) is 4.30. The molecule has 0 radical (unpaired) electrons. The molecule has 0 saturated heterocycles. The topological polar surface area (TPSA) is 119 Å². The molecule has 0 aromatic heterocycles. The number of hydrogen-bond acceptors (Lipinski definition) is 6. The Morgan fingerprint density at radius 1 is 1.21 bits per heavy atom. The van der Waals surface area contributed by atoms with Crippen LogP contribution < -0.4 is 9.46 Å². The van der Waals surface area contributed by atoms with Gasteiger partial charge in [0.2, 0.25) is 10.0 Å². The van der Waals surface area contributed by atoms with Gasteiger partial charge >= 0.3 is 6.18 Å². The highest BCUT2D eigenvalue weighted by molar-refractivity contribution is 7.89. The van der Waals surface area contributed by atoms with E-state index in [0.717, 1.165) is 24.3 Å². The lowest BCUT2D eigenvalue weighted by molar-refractivity contribution is -0.385. The van der Waals surface area contributed by atoms with Gasteiger partial charge in [0.15, 0.2) is 0 Å². The number of para-hydroxylation sites is 1. The van der Waals surface area contributed by atoms with E-state index in [1.807, 2.05) is 0 Å². The highest BCUT2D eigenvalue weighted by atomic mass is 32.2. The van der Waals surface area contributed by atoms with Gasteiger partial charge in [0.25, 0.3) is 11.6 Å². The normalized spacial score (nSPS) is 12.0. The molecule has 13 heteroatoms. The molecule has 9 nitrogen and oxygen atoms in total. The van der Waals surface area contributed by atoms with Gasteiger partial charge in [-0.05, 0) is 32.0 Å². The van der Waals surface area contributed by atoms with Crippen molar-refractivity contribution in [3.63, 3.8) is 0 Å². The Labute approximate surface area is 188 Å². The molecule has 0 saturated carbocycles. The Bertz CT molecular complexity index is 1140. The number of ether oxygens (including phenoxy) is 1. The van der Waals surface area contributed by atoms with Crippen molar-refractivity contribution >= 4 is 21.6 Å².